The van der Waals surface area contributed by atoms with Crippen LogP contribution < -0.4 is 5.32 Å². The van der Waals surface area contributed by atoms with Crippen molar-refractivity contribution in [2.24, 2.45) is 0 Å². The van der Waals surface area contributed by atoms with E-state index in [-0.39, 0.29) is 12.0 Å². The molecule has 1 atom stereocenters. The van der Waals surface area contributed by atoms with E-state index in [0.29, 0.717) is 6.61 Å². The third-order valence-electron chi connectivity index (χ3n) is 1.74. The van der Waals surface area contributed by atoms with Crippen LogP contribution in [0.1, 0.15) is 34.1 Å². The molecule has 90 valence electrons. The van der Waals surface area contributed by atoms with Gasteiger partial charge in [0, 0.05) is 13.7 Å². The number of carbonyl (C=O) groups excluding carboxylic acids is 1. The van der Waals surface area contributed by atoms with Gasteiger partial charge < -0.3 is 14.8 Å². The van der Waals surface area contributed by atoms with E-state index in [0.717, 1.165) is 13.0 Å². The van der Waals surface area contributed by atoms with Gasteiger partial charge in [-0.3, -0.25) is 4.79 Å². The van der Waals surface area contributed by atoms with Crippen LogP contribution >= 0.6 is 0 Å². The van der Waals surface area contributed by atoms with Crippen LogP contribution in [0.25, 0.3) is 0 Å². The van der Waals surface area contributed by atoms with Gasteiger partial charge in [0.2, 0.25) is 0 Å². The Hall–Kier alpha value is -0.610. The summed E-state index contributed by atoms with van der Waals surface area (Å²) in [5.41, 5.74) is -0.417. The van der Waals surface area contributed by atoms with Gasteiger partial charge in [-0.25, -0.2) is 0 Å². The standard InChI is InChI=1S/C11H23NO3/c1-9(12-7-6-8-14-5)10(13)15-11(2,3)4/h9,12H,6-8H2,1-5H3. The fourth-order valence-electron chi connectivity index (χ4n) is 1.01. The highest BCUT2D eigenvalue weighted by Crippen LogP contribution is 2.08. The summed E-state index contributed by atoms with van der Waals surface area (Å²) in [5.74, 6) is -0.208. The summed E-state index contributed by atoms with van der Waals surface area (Å²) in [6.07, 6.45) is 0.892. The minimum Gasteiger partial charge on any atom is -0.459 e. The molecule has 0 aliphatic carbocycles. The predicted octanol–water partition coefficient (Wildman–Crippen LogP) is 1.34. The van der Waals surface area contributed by atoms with E-state index in [9.17, 15) is 4.79 Å². The van der Waals surface area contributed by atoms with E-state index in [1.165, 1.54) is 0 Å². The molecule has 0 fully saturated rings. The summed E-state index contributed by atoms with van der Waals surface area (Å²) in [6.45, 7) is 8.86. The summed E-state index contributed by atoms with van der Waals surface area (Å²) in [7, 11) is 1.66. The molecule has 1 unspecified atom stereocenters. The number of nitrogens with one attached hydrogen (secondary N) is 1. The Kier molecular flexibility index (Phi) is 6.52. The average molecular weight is 217 g/mol. The highest BCUT2D eigenvalue weighted by molar-refractivity contribution is 5.75. The third kappa shape index (κ3) is 8.39. The van der Waals surface area contributed by atoms with Gasteiger partial charge >= 0.3 is 5.97 Å². The number of rotatable bonds is 6. The lowest BCUT2D eigenvalue weighted by Crippen LogP contribution is -2.39. The molecular weight excluding hydrogens is 194 g/mol. The van der Waals surface area contributed by atoms with Crippen LogP contribution in [0.4, 0.5) is 0 Å². The van der Waals surface area contributed by atoms with Crippen LogP contribution in [0.3, 0.4) is 0 Å². The average Bonchev–Trinajstić information content (AvgIpc) is 2.09. The van der Waals surface area contributed by atoms with Crippen molar-refractivity contribution in [1.29, 1.82) is 0 Å². The second-order valence-corrected chi connectivity index (χ2v) is 4.56. The van der Waals surface area contributed by atoms with Crippen molar-refractivity contribution in [3.05, 3.63) is 0 Å². The topological polar surface area (TPSA) is 47.6 Å². The Morgan fingerprint density at radius 1 is 1.40 bits per heavy atom. The van der Waals surface area contributed by atoms with Crippen molar-refractivity contribution in [3.8, 4) is 0 Å². The lowest BCUT2D eigenvalue weighted by molar-refractivity contribution is -0.156. The normalized spacial score (nSPS) is 13.7. The van der Waals surface area contributed by atoms with Crippen molar-refractivity contribution in [2.45, 2.75) is 45.8 Å². The molecule has 0 aliphatic rings. The third-order valence-corrected chi connectivity index (χ3v) is 1.74. The molecule has 4 nitrogen and oxygen atoms in total. The monoisotopic (exact) mass is 217 g/mol. The minimum atomic E-state index is -0.417. The second-order valence-electron chi connectivity index (χ2n) is 4.56. The van der Waals surface area contributed by atoms with Crippen molar-refractivity contribution in [3.63, 3.8) is 0 Å². The van der Waals surface area contributed by atoms with Crippen molar-refractivity contribution < 1.29 is 14.3 Å². The van der Waals surface area contributed by atoms with Gasteiger partial charge in [0.05, 0.1) is 0 Å². The summed E-state index contributed by atoms with van der Waals surface area (Å²) in [4.78, 5) is 11.5. The van der Waals surface area contributed by atoms with E-state index in [1.54, 1.807) is 14.0 Å². The zero-order chi connectivity index (χ0) is 11.9. The number of methoxy groups -OCH3 is 1. The predicted molar refractivity (Wildman–Crippen MR) is 59.8 cm³/mol. The van der Waals surface area contributed by atoms with E-state index in [4.69, 9.17) is 9.47 Å². The molecular formula is C11H23NO3. The Morgan fingerprint density at radius 3 is 2.47 bits per heavy atom. The fraction of sp³-hybridized carbons (Fsp3) is 0.909. The molecule has 4 heteroatoms. The summed E-state index contributed by atoms with van der Waals surface area (Å²) in [6, 6.07) is -0.263. The highest BCUT2D eigenvalue weighted by atomic mass is 16.6. The van der Waals surface area contributed by atoms with Crippen LogP contribution in [-0.4, -0.2) is 37.9 Å². The van der Waals surface area contributed by atoms with E-state index >= 15 is 0 Å². The lowest BCUT2D eigenvalue weighted by Gasteiger charge is -2.22. The first kappa shape index (κ1) is 14.4. The quantitative estimate of drug-likeness (QED) is 0.539. The van der Waals surface area contributed by atoms with Crippen molar-refractivity contribution in [2.75, 3.05) is 20.3 Å². The lowest BCUT2D eigenvalue weighted by atomic mass is 10.2. The zero-order valence-corrected chi connectivity index (χ0v) is 10.4. The molecule has 1 N–H and O–H groups in total. The molecule has 0 saturated carbocycles. The first-order chi connectivity index (χ1) is 6.87. The van der Waals surface area contributed by atoms with E-state index in [1.807, 2.05) is 20.8 Å². The number of esters is 1. The summed E-state index contributed by atoms with van der Waals surface area (Å²) < 4.78 is 10.1. The van der Waals surface area contributed by atoms with Crippen molar-refractivity contribution >= 4 is 5.97 Å². The molecule has 0 aromatic carbocycles. The van der Waals surface area contributed by atoms with E-state index < -0.39 is 5.60 Å². The maximum atomic E-state index is 11.5. The maximum Gasteiger partial charge on any atom is 0.323 e. The Morgan fingerprint density at radius 2 is 2.00 bits per heavy atom. The minimum absolute atomic E-state index is 0.208. The van der Waals surface area contributed by atoms with Crippen LogP contribution in [0.2, 0.25) is 0 Å². The largest absolute Gasteiger partial charge is 0.459 e. The van der Waals surface area contributed by atoms with E-state index in [2.05, 4.69) is 5.32 Å². The molecule has 0 saturated heterocycles. The molecule has 15 heavy (non-hydrogen) atoms. The van der Waals surface area contributed by atoms with Gasteiger partial charge in [0.1, 0.15) is 11.6 Å². The van der Waals surface area contributed by atoms with Gasteiger partial charge in [-0.05, 0) is 40.7 Å². The summed E-state index contributed by atoms with van der Waals surface area (Å²) >= 11 is 0. The molecule has 0 aromatic rings. The molecule has 0 aromatic heterocycles. The molecule has 0 rings (SSSR count). The first-order valence-corrected chi connectivity index (χ1v) is 5.32. The molecule has 0 radical (unpaired) electrons. The van der Waals surface area contributed by atoms with Gasteiger partial charge in [0.25, 0.3) is 0 Å². The smallest absolute Gasteiger partial charge is 0.323 e. The van der Waals surface area contributed by atoms with Crippen LogP contribution in [0.15, 0.2) is 0 Å². The number of hydrogen-bond acceptors (Lipinski definition) is 4. The van der Waals surface area contributed by atoms with Gasteiger partial charge in [0.15, 0.2) is 0 Å². The van der Waals surface area contributed by atoms with Gasteiger partial charge in [-0.2, -0.15) is 0 Å². The number of ether oxygens (including phenoxy) is 2. The number of hydrogen-bond donors (Lipinski definition) is 1. The van der Waals surface area contributed by atoms with Crippen LogP contribution in [0.5, 0.6) is 0 Å². The molecule has 0 bridgehead atoms. The second kappa shape index (κ2) is 6.80. The van der Waals surface area contributed by atoms with Gasteiger partial charge in [-0.15, -0.1) is 0 Å². The Balaban J connectivity index is 3.70. The maximum absolute atomic E-state index is 11.5. The first-order valence-electron chi connectivity index (χ1n) is 5.32. The van der Waals surface area contributed by atoms with Crippen molar-refractivity contribution in [1.82, 2.24) is 5.32 Å². The number of carbonyl (C=O) groups is 1. The fourth-order valence-corrected chi connectivity index (χ4v) is 1.01. The molecule has 0 heterocycles. The SMILES string of the molecule is COCCCNC(C)C(=O)OC(C)(C)C. The highest BCUT2D eigenvalue weighted by Gasteiger charge is 2.20. The van der Waals surface area contributed by atoms with Gasteiger partial charge in [-0.1, -0.05) is 0 Å². The Labute approximate surface area is 92.3 Å². The molecule has 0 aliphatic heterocycles. The summed E-state index contributed by atoms with van der Waals surface area (Å²) in [5, 5.41) is 3.09. The van der Waals surface area contributed by atoms with Crippen LogP contribution in [0, 0.1) is 0 Å². The molecule has 0 amide bonds. The molecule has 0 spiro atoms. The van der Waals surface area contributed by atoms with Crippen LogP contribution in [-0.2, 0) is 14.3 Å². The zero-order valence-electron chi connectivity index (χ0n) is 10.4. The Bertz CT molecular complexity index is 187.